The topological polar surface area (TPSA) is 79.3 Å². The molecule has 7 nitrogen and oxygen atoms in total. The second-order valence-electron chi connectivity index (χ2n) is 7.67. The van der Waals surface area contributed by atoms with Crippen LogP contribution in [0.25, 0.3) is 0 Å². The van der Waals surface area contributed by atoms with Gasteiger partial charge in [-0.25, -0.2) is 8.42 Å². The molecule has 0 aromatic heterocycles. The number of rotatable bonds is 8. The van der Waals surface area contributed by atoms with E-state index < -0.39 is 37.8 Å². The van der Waals surface area contributed by atoms with Gasteiger partial charge in [0.25, 0.3) is 0 Å². The van der Waals surface area contributed by atoms with Crippen LogP contribution in [0, 0.1) is 0 Å². The lowest BCUT2D eigenvalue weighted by atomic mass is 10.2. The van der Waals surface area contributed by atoms with E-state index in [-0.39, 0.29) is 25.8 Å². The van der Waals surface area contributed by atoms with Gasteiger partial charge >= 0.3 is 6.18 Å². The summed E-state index contributed by atoms with van der Waals surface area (Å²) in [4.78, 5) is 1.45. The van der Waals surface area contributed by atoms with E-state index in [4.69, 9.17) is 21.1 Å². The van der Waals surface area contributed by atoms with Crippen LogP contribution < -0.4 is 0 Å². The first kappa shape index (κ1) is 24.7. The molecule has 3 rings (SSSR count). The maximum Gasteiger partial charge on any atom is 0.417 e. The van der Waals surface area contributed by atoms with Gasteiger partial charge in [0.2, 0.25) is 10.0 Å². The van der Waals surface area contributed by atoms with Crippen LogP contribution in [0.4, 0.5) is 13.2 Å². The standard InChI is InChI=1S/C19H26ClF3N2O5S/c20-18-4-3-16(10-17(18)19(21,22)23)31(27,28)25-7-5-24(6-8-25)11-14(26)12-29-13-15-2-1-9-30-15/h3-4,10,14-15,26H,1-2,5-9,11-13H2/t14-,15-/m0/s1. The molecule has 0 bridgehead atoms. The zero-order valence-electron chi connectivity index (χ0n) is 16.9. The van der Waals surface area contributed by atoms with Gasteiger partial charge in [-0.2, -0.15) is 17.5 Å². The predicted molar refractivity (Wildman–Crippen MR) is 107 cm³/mol. The number of β-amino-alcohol motifs (C(OH)–C–C–N with tert-alkyl or cyclic N) is 1. The first-order valence-corrected chi connectivity index (χ1v) is 11.9. The molecular weight excluding hydrogens is 461 g/mol. The van der Waals surface area contributed by atoms with Crippen LogP contribution in [-0.4, -0.2) is 87.5 Å². The molecule has 0 amide bonds. The molecule has 1 aromatic rings. The first-order valence-electron chi connectivity index (χ1n) is 10.0. The van der Waals surface area contributed by atoms with E-state index in [1.165, 1.54) is 0 Å². The average molecular weight is 487 g/mol. The van der Waals surface area contributed by atoms with Gasteiger partial charge in [-0.1, -0.05) is 11.6 Å². The van der Waals surface area contributed by atoms with Gasteiger partial charge in [0.15, 0.2) is 0 Å². The van der Waals surface area contributed by atoms with Crippen LogP contribution in [0.1, 0.15) is 18.4 Å². The van der Waals surface area contributed by atoms with E-state index in [1.807, 2.05) is 4.90 Å². The van der Waals surface area contributed by atoms with E-state index in [2.05, 4.69) is 0 Å². The molecule has 2 heterocycles. The quantitative estimate of drug-likeness (QED) is 0.607. The highest BCUT2D eigenvalue weighted by molar-refractivity contribution is 7.89. The molecule has 1 N–H and O–H groups in total. The Hall–Kier alpha value is -0.950. The van der Waals surface area contributed by atoms with Crippen molar-refractivity contribution < 1.29 is 36.2 Å². The highest BCUT2D eigenvalue weighted by atomic mass is 35.5. The molecule has 12 heteroatoms. The third-order valence-corrected chi connectivity index (χ3v) is 7.54. The van der Waals surface area contributed by atoms with Crippen molar-refractivity contribution in [1.29, 1.82) is 0 Å². The molecule has 2 aliphatic rings. The fourth-order valence-electron chi connectivity index (χ4n) is 3.65. The molecule has 31 heavy (non-hydrogen) atoms. The Kier molecular flexibility index (Phi) is 8.22. The normalized spacial score (nSPS) is 22.7. The number of piperazine rings is 1. The van der Waals surface area contributed by atoms with Crippen LogP contribution in [0.15, 0.2) is 23.1 Å². The number of aliphatic hydroxyl groups is 1. The summed E-state index contributed by atoms with van der Waals surface area (Å²) in [6, 6.07) is 2.59. The van der Waals surface area contributed by atoms with Crippen LogP contribution in [0.3, 0.4) is 0 Å². The third-order valence-electron chi connectivity index (χ3n) is 5.32. The van der Waals surface area contributed by atoms with Gasteiger partial charge in [-0.05, 0) is 31.0 Å². The molecule has 2 aliphatic heterocycles. The molecule has 0 aliphatic carbocycles. The lowest BCUT2D eigenvalue weighted by Crippen LogP contribution is -2.50. The average Bonchev–Trinajstić information content (AvgIpc) is 3.21. The summed E-state index contributed by atoms with van der Waals surface area (Å²) in [6.07, 6.45) is -3.44. The summed E-state index contributed by atoms with van der Waals surface area (Å²) < 4.78 is 76.9. The minimum atomic E-state index is -4.75. The molecule has 0 saturated carbocycles. The molecule has 176 valence electrons. The SMILES string of the molecule is O=S(=O)(c1ccc(Cl)c(C(F)(F)F)c1)N1CCN(C[C@H](O)COC[C@@H]2CCCO2)CC1. The second-order valence-corrected chi connectivity index (χ2v) is 10.0. The Bertz CT molecular complexity index is 841. The summed E-state index contributed by atoms with van der Waals surface area (Å²) in [5.74, 6) is 0. The van der Waals surface area contributed by atoms with E-state index in [0.29, 0.717) is 32.3 Å². The third kappa shape index (κ3) is 6.53. The van der Waals surface area contributed by atoms with Crippen LogP contribution in [0.5, 0.6) is 0 Å². The van der Waals surface area contributed by atoms with Gasteiger partial charge in [-0.3, -0.25) is 4.90 Å². The molecule has 2 saturated heterocycles. The number of alkyl halides is 3. The van der Waals surface area contributed by atoms with Crippen molar-refractivity contribution in [3.05, 3.63) is 28.8 Å². The maximum atomic E-state index is 13.1. The first-order chi connectivity index (χ1) is 14.6. The Morgan fingerprint density at radius 3 is 2.58 bits per heavy atom. The number of hydrogen-bond acceptors (Lipinski definition) is 6. The van der Waals surface area contributed by atoms with Crippen LogP contribution >= 0.6 is 11.6 Å². The van der Waals surface area contributed by atoms with Crippen molar-refractivity contribution in [1.82, 2.24) is 9.21 Å². The summed E-state index contributed by atoms with van der Waals surface area (Å²) in [6.45, 7) is 2.55. The van der Waals surface area contributed by atoms with E-state index in [9.17, 15) is 26.7 Å². The van der Waals surface area contributed by atoms with Crippen molar-refractivity contribution >= 4 is 21.6 Å². The number of ether oxygens (including phenoxy) is 2. The van der Waals surface area contributed by atoms with Crippen molar-refractivity contribution in [2.75, 3.05) is 52.5 Å². The van der Waals surface area contributed by atoms with E-state index >= 15 is 0 Å². The molecule has 0 spiro atoms. The summed E-state index contributed by atoms with van der Waals surface area (Å²) in [7, 11) is -4.09. The van der Waals surface area contributed by atoms with Crippen molar-refractivity contribution in [3.63, 3.8) is 0 Å². The lowest BCUT2D eigenvalue weighted by Gasteiger charge is -2.35. The number of hydrogen-bond donors (Lipinski definition) is 1. The Morgan fingerprint density at radius 1 is 1.26 bits per heavy atom. The molecule has 0 unspecified atom stereocenters. The predicted octanol–water partition coefficient (Wildman–Crippen LogP) is 2.22. The van der Waals surface area contributed by atoms with Gasteiger partial charge < -0.3 is 14.6 Å². The van der Waals surface area contributed by atoms with Crippen molar-refractivity contribution in [2.24, 2.45) is 0 Å². The zero-order valence-corrected chi connectivity index (χ0v) is 18.4. The highest BCUT2D eigenvalue weighted by Crippen LogP contribution is 2.36. The second kappa shape index (κ2) is 10.3. The maximum absolute atomic E-state index is 13.1. The summed E-state index contributed by atoms with van der Waals surface area (Å²) in [5, 5.41) is 9.60. The van der Waals surface area contributed by atoms with Gasteiger partial charge in [-0.15, -0.1) is 0 Å². The summed E-state index contributed by atoms with van der Waals surface area (Å²) in [5.41, 5.74) is -1.18. The Labute approximate surface area is 184 Å². The minimum Gasteiger partial charge on any atom is -0.389 e. The monoisotopic (exact) mass is 486 g/mol. The molecule has 2 atom stereocenters. The van der Waals surface area contributed by atoms with Crippen LogP contribution in [-0.2, 0) is 25.7 Å². The number of nitrogens with zero attached hydrogens (tertiary/aromatic N) is 2. The lowest BCUT2D eigenvalue weighted by molar-refractivity contribution is -0.137. The largest absolute Gasteiger partial charge is 0.417 e. The van der Waals surface area contributed by atoms with Gasteiger partial charge in [0.1, 0.15) is 0 Å². The fourth-order valence-corrected chi connectivity index (χ4v) is 5.32. The van der Waals surface area contributed by atoms with Gasteiger partial charge in [0, 0.05) is 39.3 Å². The van der Waals surface area contributed by atoms with Gasteiger partial charge in [0.05, 0.1) is 40.9 Å². The highest BCUT2D eigenvalue weighted by Gasteiger charge is 2.36. The minimum absolute atomic E-state index is 0.0756. The zero-order chi connectivity index (χ0) is 22.6. The number of aliphatic hydroxyl groups excluding tert-OH is 1. The Morgan fingerprint density at radius 2 is 1.97 bits per heavy atom. The molecule has 0 radical (unpaired) electrons. The van der Waals surface area contributed by atoms with Crippen molar-refractivity contribution in [3.8, 4) is 0 Å². The molecule has 2 fully saturated rings. The Balaban J connectivity index is 1.50. The molecule has 1 aromatic carbocycles. The number of sulfonamides is 1. The summed E-state index contributed by atoms with van der Waals surface area (Å²) >= 11 is 5.58. The smallest absolute Gasteiger partial charge is 0.389 e. The number of halogens is 4. The van der Waals surface area contributed by atoms with Crippen molar-refractivity contribution in [2.45, 2.75) is 36.1 Å². The van der Waals surface area contributed by atoms with E-state index in [0.717, 1.165) is 35.9 Å². The fraction of sp³-hybridized carbons (Fsp3) is 0.684. The molecular formula is C19H26ClF3N2O5S. The number of benzene rings is 1. The van der Waals surface area contributed by atoms with Crippen LogP contribution in [0.2, 0.25) is 5.02 Å². The van der Waals surface area contributed by atoms with E-state index in [1.54, 1.807) is 0 Å².